The van der Waals surface area contributed by atoms with Crippen molar-refractivity contribution in [2.75, 3.05) is 0 Å². The van der Waals surface area contributed by atoms with Gasteiger partial charge in [-0.05, 0) is 6.07 Å². The van der Waals surface area contributed by atoms with Gasteiger partial charge in [0.05, 0.1) is 0 Å². The summed E-state index contributed by atoms with van der Waals surface area (Å²) >= 11 is 8.13. The van der Waals surface area contributed by atoms with E-state index < -0.39 is 5.43 Å². The number of rotatable bonds is 1. The van der Waals surface area contributed by atoms with Gasteiger partial charge in [0.15, 0.2) is 0 Å². The Morgan fingerprint density at radius 2 is 2.45 bits per heavy atom. The highest BCUT2D eigenvalue weighted by molar-refractivity contribution is 9.10. The van der Waals surface area contributed by atoms with Gasteiger partial charge in [-0.1, -0.05) is 15.9 Å². The summed E-state index contributed by atoms with van der Waals surface area (Å²) in [5.41, 5.74) is -0.893. The van der Waals surface area contributed by atoms with Crippen LogP contribution in [0.2, 0.25) is 0 Å². The molecule has 1 aromatic rings. The molecule has 0 aromatic carbocycles. The number of nitrogens with zero attached hydrogens (tertiary/aromatic N) is 1. The summed E-state index contributed by atoms with van der Waals surface area (Å²) in [4.78, 5) is 13.9. The van der Waals surface area contributed by atoms with Crippen molar-refractivity contribution in [2.45, 2.75) is 0 Å². The van der Waals surface area contributed by atoms with Crippen LogP contribution >= 0.6 is 27.5 Å². The highest BCUT2D eigenvalue weighted by Gasteiger charge is 2.00. The molecule has 0 aliphatic carbocycles. The lowest BCUT2D eigenvalue weighted by Crippen LogP contribution is -1.97. The number of carbonyl (C=O) groups is 1. The van der Waals surface area contributed by atoms with Crippen LogP contribution in [-0.4, -0.2) is 10.4 Å². The molecule has 0 spiro atoms. The lowest BCUT2D eigenvalue weighted by molar-refractivity contribution is 0.224. The normalized spacial score (nSPS) is 9.27. The molecule has 3 nitrogen and oxygen atoms in total. The second-order valence-corrected chi connectivity index (χ2v) is 2.88. The van der Waals surface area contributed by atoms with E-state index in [1.165, 1.54) is 6.20 Å². The first kappa shape index (κ1) is 8.49. The SMILES string of the molecule is O=C(Cl)Oc1cc(Br)ccn1. The zero-order valence-corrected chi connectivity index (χ0v) is 7.59. The van der Waals surface area contributed by atoms with Crippen molar-refractivity contribution in [1.82, 2.24) is 4.98 Å². The molecule has 58 valence electrons. The molecule has 0 unspecified atom stereocenters. The van der Waals surface area contributed by atoms with E-state index in [4.69, 9.17) is 11.6 Å². The summed E-state index contributed by atoms with van der Waals surface area (Å²) in [7, 11) is 0. The predicted molar refractivity (Wildman–Crippen MR) is 43.8 cm³/mol. The summed E-state index contributed by atoms with van der Waals surface area (Å²) in [5.74, 6) is 0.180. The van der Waals surface area contributed by atoms with Gasteiger partial charge < -0.3 is 4.74 Å². The number of hydrogen-bond donors (Lipinski definition) is 0. The molecule has 0 atom stereocenters. The van der Waals surface area contributed by atoms with E-state index in [9.17, 15) is 4.79 Å². The van der Waals surface area contributed by atoms with E-state index in [0.29, 0.717) is 0 Å². The minimum atomic E-state index is -0.893. The lowest BCUT2D eigenvalue weighted by atomic mass is 10.5. The van der Waals surface area contributed by atoms with Crippen LogP contribution in [0.4, 0.5) is 4.79 Å². The van der Waals surface area contributed by atoms with Crippen molar-refractivity contribution in [3.8, 4) is 5.88 Å². The van der Waals surface area contributed by atoms with Gasteiger partial charge in [0, 0.05) is 28.3 Å². The van der Waals surface area contributed by atoms with Gasteiger partial charge in [-0.2, -0.15) is 0 Å². The van der Waals surface area contributed by atoms with E-state index in [2.05, 4.69) is 25.7 Å². The molecule has 11 heavy (non-hydrogen) atoms. The second kappa shape index (κ2) is 3.69. The molecule has 0 bridgehead atoms. The summed E-state index contributed by atoms with van der Waals surface area (Å²) in [6.45, 7) is 0. The average molecular weight is 236 g/mol. The summed E-state index contributed by atoms with van der Waals surface area (Å²) in [5, 5.41) is 0. The zero-order chi connectivity index (χ0) is 8.27. The fourth-order valence-electron chi connectivity index (χ4n) is 0.523. The van der Waals surface area contributed by atoms with Crippen molar-refractivity contribution >= 4 is 33.0 Å². The Bertz CT molecular complexity index is 279. The molecule has 0 amide bonds. The summed E-state index contributed by atoms with van der Waals surface area (Å²) in [6, 6.07) is 3.26. The highest BCUT2D eigenvalue weighted by Crippen LogP contribution is 2.14. The Labute approximate surface area is 76.5 Å². The molecule has 1 rings (SSSR count). The quantitative estimate of drug-likeness (QED) is 0.704. The van der Waals surface area contributed by atoms with Crippen LogP contribution in [0, 0.1) is 0 Å². The summed E-state index contributed by atoms with van der Waals surface area (Å²) in [6.07, 6.45) is 1.50. The Morgan fingerprint density at radius 1 is 1.73 bits per heavy atom. The van der Waals surface area contributed by atoms with Gasteiger partial charge in [-0.15, -0.1) is 0 Å². The number of pyridine rings is 1. The standard InChI is InChI=1S/C6H3BrClNO2/c7-4-1-2-9-5(3-4)11-6(8)10/h1-3H. The minimum absolute atomic E-state index is 0.180. The first-order chi connectivity index (χ1) is 5.18. The van der Waals surface area contributed by atoms with Gasteiger partial charge >= 0.3 is 5.43 Å². The number of ether oxygens (including phenoxy) is 1. The second-order valence-electron chi connectivity index (χ2n) is 1.65. The first-order valence-corrected chi connectivity index (χ1v) is 3.84. The maximum atomic E-state index is 10.2. The minimum Gasteiger partial charge on any atom is -0.395 e. The Hall–Kier alpha value is -0.610. The van der Waals surface area contributed by atoms with Crippen molar-refractivity contribution in [1.29, 1.82) is 0 Å². The van der Waals surface area contributed by atoms with Crippen LogP contribution in [0.25, 0.3) is 0 Å². The number of hydrogen-bond acceptors (Lipinski definition) is 3. The van der Waals surface area contributed by atoms with E-state index in [-0.39, 0.29) is 5.88 Å². The Balaban J connectivity index is 2.79. The van der Waals surface area contributed by atoms with Gasteiger partial charge in [-0.3, -0.25) is 0 Å². The smallest absolute Gasteiger partial charge is 0.395 e. The van der Waals surface area contributed by atoms with E-state index in [0.717, 1.165) is 4.47 Å². The molecular formula is C6H3BrClNO2. The number of halogens is 2. The van der Waals surface area contributed by atoms with Crippen molar-refractivity contribution in [2.24, 2.45) is 0 Å². The third-order valence-corrected chi connectivity index (χ3v) is 1.45. The van der Waals surface area contributed by atoms with Gasteiger partial charge in [0.1, 0.15) is 0 Å². The third-order valence-electron chi connectivity index (χ3n) is 0.882. The first-order valence-electron chi connectivity index (χ1n) is 2.67. The van der Waals surface area contributed by atoms with Gasteiger partial charge in [0.25, 0.3) is 0 Å². The molecule has 0 N–H and O–H groups in total. The van der Waals surface area contributed by atoms with Gasteiger partial charge in [0.2, 0.25) is 5.88 Å². The van der Waals surface area contributed by atoms with E-state index >= 15 is 0 Å². The monoisotopic (exact) mass is 235 g/mol. The topological polar surface area (TPSA) is 39.2 Å². The molecule has 1 heterocycles. The fourth-order valence-corrected chi connectivity index (χ4v) is 0.916. The maximum Gasteiger partial charge on any atom is 0.410 e. The molecule has 0 fully saturated rings. The largest absolute Gasteiger partial charge is 0.410 e. The zero-order valence-electron chi connectivity index (χ0n) is 5.25. The molecule has 5 heteroatoms. The Morgan fingerprint density at radius 3 is 3.00 bits per heavy atom. The van der Waals surface area contributed by atoms with Crippen LogP contribution in [0.3, 0.4) is 0 Å². The molecule has 0 saturated heterocycles. The van der Waals surface area contributed by atoms with Crippen molar-refractivity contribution in [3.63, 3.8) is 0 Å². The Kier molecular flexibility index (Phi) is 2.84. The average Bonchev–Trinajstić information content (AvgIpc) is 1.85. The molecule has 0 aliphatic heterocycles. The lowest BCUT2D eigenvalue weighted by Gasteiger charge is -1.96. The van der Waals surface area contributed by atoms with E-state index in [1.807, 2.05) is 0 Å². The van der Waals surface area contributed by atoms with Crippen LogP contribution in [0.1, 0.15) is 0 Å². The molecule has 1 aromatic heterocycles. The fraction of sp³-hybridized carbons (Fsp3) is 0. The molecule has 0 radical (unpaired) electrons. The number of carbonyl (C=O) groups excluding carboxylic acids is 1. The van der Waals surface area contributed by atoms with Crippen molar-refractivity contribution < 1.29 is 9.53 Å². The third kappa shape index (κ3) is 2.86. The predicted octanol–water partition coefficient (Wildman–Crippen LogP) is 2.58. The molecular weight excluding hydrogens is 233 g/mol. The van der Waals surface area contributed by atoms with Gasteiger partial charge in [-0.25, -0.2) is 9.78 Å². The van der Waals surface area contributed by atoms with Crippen LogP contribution < -0.4 is 4.74 Å². The highest BCUT2D eigenvalue weighted by atomic mass is 79.9. The van der Waals surface area contributed by atoms with Crippen LogP contribution in [0.15, 0.2) is 22.8 Å². The van der Waals surface area contributed by atoms with Crippen LogP contribution in [-0.2, 0) is 0 Å². The van der Waals surface area contributed by atoms with Crippen molar-refractivity contribution in [3.05, 3.63) is 22.8 Å². The number of aromatic nitrogens is 1. The van der Waals surface area contributed by atoms with Crippen LogP contribution in [0.5, 0.6) is 5.88 Å². The molecule has 0 saturated carbocycles. The summed E-state index contributed by atoms with van der Waals surface area (Å²) < 4.78 is 5.26. The molecule has 0 aliphatic rings. The van der Waals surface area contributed by atoms with E-state index in [1.54, 1.807) is 12.1 Å². The maximum absolute atomic E-state index is 10.2.